The van der Waals surface area contributed by atoms with Crippen LogP contribution in [0.25, 0.3) is 0 Å². The third kappa shape index (κ3) is 7.13. The topological polar surface area (TPSA) is 50.8 Å². The van der Waals surface area contributed by atoms with Gasteiger partial charge in [0.25, 0.3) is 5.91 Å². The number of nitrogens with zero attached hydrogens (tertiary/aromatic N) is 1. The first-order valence-corrected chi connectivity index (χ1v) is 11.3. The van der Waals surface area contributed by atoms with Crippen molar-refractivity contribution < 1.29 is 14.3 Å². The number of nitrogens with one attached hydrogen (secondary N) is 1. The number of ether oxygens (including phenoxy) is 2. The largest absolute Gasteiger partial charge is 0.490 e. The minimum absolute atomic E-state index is 0.189. The van der Waals surface area contributed by atoms with E-state index in [9.17, 15) is 4.79 Å². The number of benzene rings is 3. The Morgan fingerprint density at radius 1 is 0.781 bits per heavy atom. The summed E-state index contributed by atoms with van der Waals surface area (Å²) in [6.07, 6.45) is 2.25. The van der Waals surface area contributed by atoms with E-state index >= 15 is 0 Å². The first-order valence-electron chi connectivity index (χ1n) is 11.3. The van der Waals surface area contributed by atoms with Crippen LogP contribution >= 0.6 is 0 Å². The molecule has 3 rings (SSSR count). The number of carbonyl (C=O) groups is 1. The molecule has 0 saturated heterocycles. The quantitative estimate of drug-likeness (QED) is 0.368. The Hall–Kier alpha value is -3.31. The molecule has 0 aliphatic heterocycles. The summed E-state index contributed by atoms with van der Waals surface area (Å²) in [5.41, 5.74) is 1.22. The predicted octanol–water partition coefficient (Wildman–Crippen LogP) is 6.23. The van der Waals surface area contributed by atoms with Crippen LogP contribution < -0.4 is 14.8 Å². The summed E-state index contributed by atoms with van der Waals surface area (Å²) in [5, 5.41) is 2.97. The highest BCUT2D eigenvalue weighted by atomic mass is 16.5. The molecule has 0 aromatic heterocycles. The summed E-state index contributed by atoms with van der Waals surface area (Å²) in [6, 6.07) is 24.2. The van der Waals surface area contributed by atoms with Gasteiger partial charge in [-0.1, -0.05) is 44.2 Å². The lowest BCUT2D eigenvalue weighted by molar-refractivity contribution is 0.102. The van der Waals surface area contributed by atoms with Gasteiger partial charge in [0, 0.05) is 12.1 Å². The smallest absolute Gasteiger partial charge is 0.255 e. The molecular formula is C27H32N2O3. The van der Waals surface area contributed by atoms with Crippen molar-refractivity contribution in [2.24, 2.45) is 0 Å². The predicted molar refractivity (Wildman–Crippen MR) is 130 cm³/mol. The van der Waals surface area contributed by atoms with E-state index in [0.717, 1.165) is 38.2 Å². The van der Waals surface area contributed by atoms with Gasteiger partial charge < -0.3 is 14.8 Å². The first kappa shape index (κ1) is 23.4. The van der Waals surface area contributed by atoms with Crippen molar-refractivity contribution in [1.82, 2.24) is 4.90 Å². The molecule has 0 heterocycles. The Morgan fingerprint density at radius 3 is 2.09 bits per heavy atom. The van der Waals surface area contributed by atoms with Crippen LogP contribution in [0.4, 0.5) is 5.69 Å². The van der Waals surface area contributed by atoms with Crippen LogP contribution in [-0.4, -0.2) is 37.0 Å². The van der Waals surface area contributed by atoms with Gasteiger partial charge >= 0.3 is 0 Å². The average molecular weight is 433 g/mol. The lowest BCUT2D eigenvalue weighted by atomic mass is 10.2. The highest BCUT2D eigenvalue weighted by Gasteiger charge is 2.11. The van der Waals surface area contributed by atoms with Gasteiger partial charge in [0.2, 0.25) is 0 Å². The second kappa shape index (κ2) is 12.5. The molecule has 0 saturated carbocycles. The van der Waals surface area contributed by atoms with E-state index in [1.165, 1.54) is 0 Å². The van der Waals surface area contributed by atoms with E-state index in [-0.39, 0.29) is 5.91 Å². The third-order valence-electron chi connectivity index (χ3n) is 4.98. The van der Waals surface area contributed by atoms with Crippen molar-refractivity contribution in [1.29, 1.82) is 0 Å². The fourth-order valence-electron chi connectivity index (χ4n) is 3.44. The summed E-state index contributed by atoms with van der Waals surface area (Å²) >= 11 is 0. The minimum Gasteiger partial charge on any atom is -0.490 e. The number of anilines is 1. The van der Waals surface area contributed by atoms with Crippen molar-refractivity contribution in [3.05, 3.63) is 84.4 Å². The Morgan fingerprint density at radius 2 is 1.41 bits per heavy atom. The van der Waals surface area contributed by atoms with Crippen LogP contribution in [-0.2, 0) is 0 Å². The monoisotopic (exact) mass is 432 g/mol. The zero-order valence-electron chi connectivity index (χ0n) is 18.9. The van der Waals surface area contributed by atoms with E-state index in [0.29, 0.717) is 29.4 Å². The molecule has 168 valence electrons. The molecule has 0 aliphatic rings. The highest BCUT2D eigenvalue weighted by Crippen LogP contribution is 2.25. The molecule has 0 bridgehead atoms. The summed E-state index contributed by atoms with van der Waals surface area (Å²) in [6.45, 7) is 7.97. The summed E-state index contributed by atoms with van der Waals surface area (Å²) in [5.74, 6) is 1.93. The van der Waals surface area contributed by atoms with Gasteiger partial charge in [-0.3, -0.25) is 9.69 Å². The van der Waals surface area contributed by atoms with Crippen molar-refractivity contribution in [2.45, 2.75) is 26.7 Å². The molecule has 0 unspecified atom stereocenters. The van der Waals surface area contributed by atoms with Crippen LogP contribution in [0.3, 0.4) is 0 Å². The number of para-hydroxylation sites is 3. The Balaban J connectivity index is 1.58. The van der Waals surface area contributed by atoms with Crippen LogP contribution in [0.5, 0.6) is 17.2 Å². The second-order valence-electron chi connectivity index (χ2n) is 7.58. The maximum Gasteiger partial charge on any atom is 0.255 e. The van der Waals surface area contributed by atoms with Gasteiger partial charge in [-0.05, 0) is 74.5 Å². The van der Waals surface area contributed by atoms with E-state index in [1.54, 1.807) is 24.3 Å². The molecule has 5 nitrogen and oxygen atoms in total. The maximum atomic E-state index is 12.8. The van der Waals surface area contributed by atoms with Crippen molar-refractivity contribution in [3.8, 4) is 17.2 Å². The number of hydrogen-bond acceptors (Lipinski definition) is 4. The van der Waals surface area contributed by atoms with Gasteiger partial charge in [0.15, 0.2) is 0 Å². The molecule has 0 aliphatic carbocycles. The average Bonchev–Trinajstić information content (AvgIpc) is 2.81. The van der Waals surface area contributed by atoms with Gasteiger partial charge in [-0.15, -0.1) is 0 Å². The maximum absolute atomic E-state index is 12.8. The fourth-order valence-corrected chi connectivity index (χ4v) is 3.44. The molecule has 1 N–H and O–H groups in total. The van der Waals surface area contributed by atoms with Crippen molar-refractivity contribution >= 4 is 11.6 Å². The van der Waals surface area contributed by atoms with Crippen LogP contribution in [0, 0.1) is 0 Å². The standard InChI is InChI=1S/C27H32N2O3/c1-3-18-29(19-4-2)20-21-31-26-13-9-8-12-25(26)28-27(30)22-14-16-24(17-15-22)32-23-10-6-5-7-11-23/h5-17H,3-4,18-21H2,1-2H3,(H,28,30). The fraction of sp³-hybridized carbons (Fsp3) is 0.296. The van der Waals surface area contributed by atoms with Gasteiger partial charge in [0.1, 0.15) is 23.9 Å². The van der Waals surface area contributed by atoms with Crippen molar-refractivity contribution in [2.75, 3.05) is 31.6 Å². The normalized spacial score (nSPS) is 10.7. The summed E-state index contributed by atoms with van der Waals surface area (Å²) in [7, 11) is 0. The van der Waals surface area contributed by atoms with E-state index in [4.69, 9.17) is 9.47 Å². The van der Waals surface area contributed by atoms with E-state index < -0.39 is 0 Å². The minimum atomic E-state index is -0.189. The molecular weight excluding hydrogens is 400 g/mol. The van der Waals surface area contributed by atoms with E-state index in [2.05, 4.69) is 24.1 Å². The van der Waals surface area contributed by atoms with Crippen LogP contribution in [0.15, 0.2) is 78.9 Å². The molecule has 3 aromatic carbocycles. The molecule has 0 atom stereocenters. The van der Waals surface area contributed by atoms with E-state index in [1.807, 2.05) is 54.6 Å². The number of carbonyl (C=O) groups excluding carboxylic acids is 1. The Bertz CT molecular complexity index is 952. The first-order chi connectivity index (χ1) is 15.7. The number of rotatable bonds is 12. The molecule has 3 aromatic rings. The highest BCUT2D eigenvalue weighted by molar-refractivity contribution is 6.05. The third-order valence-corrected chi connectivity index (χ3v) is 4.98. The lowest BCUT2D eigenvalue weighted by Crippen LogP contribution is -2.30. The van der Waals surface area contributed by atoms with Gasteiger partial charge in [-0.25, -0.2) is 0 Å². The zero-order valence-corrected chi connectivity index (χ0v) is 18.9. The molecule has 5 heteroatoms. The Labute approximate surface area is 191 Å². The Kier molecular flexibility index (Phi) is 9.14. The van der Waals surface area contributed by atoms with Gasteiger partial charge in [-0.2, -0.15) is 0 Å². The molecule has 0 radical (unpaired) electrons. The molecule has 0 fully saturated rings. The van der Waals surface area contributed by atoms with Crippen LogP contribution in [0.2, 0.25) is 0 Å². The molecule has 0 spiro atoms. The summed E-state index contributed by atoms with van der Waals surface area (Å²) < 4.78 is 11.8. The lowest BCUT2D eigenvalue weighted by Gasteiger charge is -2.21. The molecule has 1 amide bonds. The number of hydrogen-bond donors (Lipinski definition) is 1. The zero-order chi connectivity index (χ0) is 22.6. The SMILES string of the molecule is CCCN(CCC)CCOc1ccccc1NC(=O)c1ccc(Oc2ccccc2)cc1. The number of amides is 1. The second-order valence-corrected chi connectivity index (χ2v) is 7.58. The van der Waals surface area contributed by atoms with Crippen LogP contribution in [0.1, 0.15) is 37.0 Å². The van der Waals surface area contributed by atoms with Gasteiger partial charge in [0.05, 0.1) is 5.69 Å². The molecule has 32 heavy (non-hydrogen) atoms. The summed E-state index contributed by atoms with van der Waals surface area (Å²) in [4.78, 5) is 15.2. The van der Waals surface area contributed by atoms with Crippen molar-refractivity contribution in [3.63, 3.8) is 0 Å².